The quantitative estimate of drug-likeness (QED) is 0.447. The van der Waals surface area contributed by atoms with Crippen molar-refractivity contribution in [2.45, 2.75) is 46.2 Å². The Kier molecular flexibility index (Phi) is 9.27. The van der Waals surface area contributed by atoms with Crippen LogP contribution in [0.3, 0.4) is 0 Å². The largest absolute Gasteiger partial charge is 0.484 e. The summed E-state index contributed by atoms with van der Waals surface area (Å²) in [6.45, 7) is 6.79. The van der Waals surface area contributed by atoms with Gasteiger partial charge in [0.15, 0.2) is 6.61 Å². The van der Waals surface area contributed by atoms with E-state index in [9.17, 15) is 9.59 Å². The number of carbonyl (C=O) groups excluding carboxylic acids is 2. The smallest absolute Gasteiger partial charge is 0.261 e. The fraction of sp³-hybridized carbons (Fsp3) is 0.310. The predicted molar refractivity (Wildman–Crippen MR) is 136 cm³/mol. The molecule has 0 bridgehead atoms. The van der Waals surface area contributed by atoms with Crippen LogP contribution in [0.4, 0.5) is 0 Å². The van der Waals surface area contributed by atoms with Gasteiger partial charge in [-0.25, -0.2) is 0 Å². The van der Waals surface area contributed by atoms with Gasteiger partial charge in [0.1, 0.15) is 11.8 Å². The summed E-state index contributed by atoms with van der Waals surface area (Å²) in [5.74, 6) is 0.254. The van der Waals surface area contributed by atoms with Crippen LogP contribution in [0, 0.1) is 13.8 Å². The van der Waals surface area contributed by atoms with Crippen molar-refractivity contribution in [3.63, 3.8) is 0 Å². The highest BCUT2D eigenvalue weighted by Gasteiger charge is 2.30. The van der Waals surface area contributed by atoms with Gasteiger partial charge >= 0.3 is 0 Å². The third-order valence-electron chi connectivity index (χ3n) is 5.81. The molecule has 0 aromatic heterocycles. The number of nitrogens with one attached hydrogen (secondary N) is 1. The van der Waals surface area contributed by atoms with Crippen molar-refractivity contribution in [2.75, 3.05) is 13.2 Å². The van der Waals surface area contributed by atoms with E-state index in [1.807, 2.05) is 99.6 Å². The Balaban J connectivity index is 1.89. The molecule has 3 aromatic rings. The molecule has 5 nitrogen and oxygen atoms in total. The Morgan fingerprint density at radius 3 is 2.26 bits per heavy atom. The number of benzene rings is 3. The van der Waals surface area contributed by atoms with Crippen LogP contribution in [0.15, 0.2) is 78.9 Å². The van der Waals surface area contributed by atoms with E-state index in [4.69, 9.17) is 4.74 Å². The summed E-state index contributed by atoms with van der Waals surface area (Å²) in [5, 5.41) is 2.99. The zero-order valence-electron chi connectivity index (χ0n) is 20.3. The van der Waals surface area contributed by atoms with Crippen LogP contribution in [0.2, 0.25) is 0 Å². The van der Waals surface area contributed by atoms with E-state index in [-0.39, 0.29) is 18.4 Å². The van der Waals surface area contributed by atoms with E-state index in [1.165, 1.54) is 0 Å². The van der Waals surface area contributed by atoms with Gasteiger partial charge in [-0.1, -0.05) is 79.2 Å². The van der Waals surface area contributed by atoms with Gasteiger partial charge in [-0.05, 0) is 49.1 Å². The van der Waals surface area contributed by atoms with E-state index in [0.29, 0.717) is 25.3 Å². The minimum Gasteiger partial charge on any atom is -0.484 e. The number of aryl methyl sites for hydroxylation is 2. The molecule has 0 unspecified atom stereocenters. The maximum atomic E-state index is 13.5. The molecule has 3 rings (SSSR count). The van der Waals surface area contributed by atoms with Gasteiger partial charge in [-0.15, -0.1) is 0 Å². The lowest BCUT2D eigenvalue weighted by atomic mass is 10.0. The monoisotopic (exact) mass is 458 g/mol. The zero-order chi connectivity index (χ0) is 24.3. The van der Waals surface area contributed by atoms with Crippen molar-refractivity contribution in [1.82, 2.24) is 10.2 Å². The van der Waals surface area contributed by atoms with Crippen LogP contribution >= 0.6 is 0 Å². The summed E-state index contributed by atoms with van der Waals surface area (Å²) in [6, 6.07) is 24.7. The first-order valence-electron chi connectivity index (χ1n) is 11.8. The first kappa shape index (κ1) is 25.0. The maximum absolute atomic E-state index is 13.5. The van der Waals surface area contributed by atoms with E-state index < -0.39 is 6.04 Å². The van der Waals surface area contributed by atoms with Gasteiger partial charge in [0.05, 0.1) is 0 Å². The molecular formula is C29H34N2O3. The second-order valence-corrected chi connectivity index (χ2v) is 8.55. The maximum Gasteiger partial charge on any atom is 0.261 e. The van der Waals surface area contributed by atoms with Gasteiger partial charge in [0.2, 0.25) is 5.91 Å². The molecule has 0 aliphatic rings. The molecular weight excluding hydrogens is 424 g/mol. The highest BCUT2D eigenvalue weighted by molar-refractivity contribution is 5.88. The van der Waals surface area contributed by atoms with Crippen LogP contribution in [0.1, 0.15) is 35.6 Å². The van der Waals surface area contributed by atoms with E-state index in [2.05, 4.69) is 5.32 Å². The number of carbonyl (C=O) groups is 2. The lowest BCUT2D eigenvalue weighted by molar-refractivity contribution is -0.142. The number of amides is 2. The summed E-state index contributed by atoms with van der Waals surface area (Å²) in [4.78, 5) is 28.5. The molecule has 1 N–H and O–H groups in total. The van der Waals surface area contributed by atoms with E-state index in [0.717, 1.165) is 28.7 Å². The molecule has 34 heavy (non-hydrogen) atoms. The lowest BCUT2D eigenvalue weighted by Crippen LogP contribution is -2.51. The second kappa shape index (κ2) is 12.6. The van der Waals surface area contributed by atoms with Crippen molar-refractivity contribution >= 4 is 11.8 Å². The van der Waals surface area contributed by atoms with E-state index in [1.54, 1.807) is 4.90 Å². The van der Waals surface area contributed by atoms with Crippen LogP contribution in [-0.4, -0.2) is 35.9 Å². The van der Waals surface area contributed by atoms with Crippen molar-refractivity contribution in [2.24, 2.45) is 0 Å². The zero-order valence-corrected chi connectivity index (χ0v) is 20.3. The normalized spacial score (nSPS) is 11.5. The number of ether oxygens (including phenoxy) is 1. The molecule has 1 atom stereocenters. The summed E-state index contributed by atoms with van der Waals surface area (Å²) >= 11 is 0. The van der Waals surface area contributed by atoms with Crippen LogP contribution in [0.5, 0.6) is 5.75 Å². The summed E-state index contributed by atoms with van der Waals surface area (Å²) in [6.07, 6.45) is 1.25. The lowest BCUT2D eigenvalue weighted by Gasteiger charge is -2.32. The minimum absolute atomic E-state index is 0.138. The number of hydrogen-bond acceptors (Lipinski definition) is 3. The Morgan fingerprint density at radius 1 is 0.912 bits per heavy atom. The van der Waals surface area contributed by atoms with Gasteiger partial charge in [-0.3, -0.25) is 9.59 Å². The molecule has 0 saturated carbocycles. The molecule has 0 fully saturated rings. The van der Waals surface area contributed by atoms with E-state index >= 15 is 0 Å². The van der Waals surface area contributed by atoms with Gasteiger partial charge in [0, 0.05) is 19.5 Å². The molecule has 0 saturated heterocycles. The molecule has 0 aliphatic heterocycles. The third-order valence-corrected chi connectivity index (χ3v) is 5.81. The topological polar surface area (TPSA) is 58.6 Å². The number of nitrogens with zero attached hydrogens (tertiary/aromatic N) is 1. The average Bonchev–Trinajstić information content (AvgIpc) is 2.85. The summed E-state index contributed by atoms with van der Waals surface area (Å²) < 4.78 is 5.81. The van der Waals surface area contributed by atoms with Crippen LogP contribution in [0.25, 0.3) is 0 Å². The number of hydrogen-bond donors (Lipinski definition) is 1. The fourth-order valence-electron chi connectivity index (χ4n) is 3.75. The Morgan fingerprint density at radius 2 is 1.59 bits per heavy atom. The second-order valence-electron chi connectivity index (χ2n) is 8.55. The van der Waals surface area contributed by atoms with Crippen molar-refractivity contribution in [3.05, 3.63) is 101 Å². The first-order chi connectivity index (χ1) is 16.5. The summed E-state index contributed by atoms with van der Waals surface area (Å²) in [7, 11) is 0. The highest BCUT2D eigenvalue weighted by atomic mass is 16.5. The Labute approximate surface area is 202 Å². The Bertz CT molecular complexity index is 1060. The van der Waals surface area contributed by atoms with Gasteiger partial charge < -0.3 is 15.0 Å². The molecule has 3 aromatic carbocycles. The van der Waals surface area contributed by atoms with Crippen molar-refractivity contribution in [3.8, 4) is 5.75 Å². The predicted octanol–water partition coefficient (Wildman–Crippen LogP) is 4.85. The first-order valence-corrected chi connectivity index (χ1v) is 11.8. The van der Waals surface area contributed by atoms with Crippen molar-refractivity contribution < 1.29 is 14.3 Å². The SMILES string of the molecule is CCCNC(=O)[C@H](Cc1ccccc1)N(Cc1ccccc1C)C(=O)COc1ccc(C)cc1. The van der Waals surface area contributed by atoms with Crippen molar-refractivity contribution in [1.29, 1.82) is 0 Å². The number of rotatable bonds is 11. The Hall–Kier alpha value is -3.60. The molecule has 178 valence electrons. The molecule has 0 aliphatic carbocycles. The molecule has 0 heterocycles. The van der Waals surface area contributed by atoms with Crippen LogP contribution < -0.4 is 10.1 Å². The average molecular weight is 459 g/mol. The molecule has 0 radical (unpaired) electrons. The minimum atomic E-state index is -0.650. The standard InChI is InChI=1S/C29H34N2O3/c1-4-18-30-29(33)27(19-24-11-6-5-7-12-24)31(20-25-13-9-8-10-23(25)3)28(32)21-34-26-16-14-22(2)15-17-26/h5-17,27H,4,18-21H2,1-3H3,(H,30,33)/t27-/m0/s1. The molecule has 2 amide bonds. The van der Waals surface area contributed by atoms with Gasteiger partial charge in [0.25, 0.3) is 5.91 Å². The highest BCUT2D eigenvalue weighted by Crippen LogP contribution is 2.18. The molecule has 0 spiro atoms. The molecule has 5 heteroatoms. The third kappa shape index (κ3) is 7.20. The fourth-order valence-corrected chi connectivity index (χ4v) is 3.75. The van der Waals surface area contributed by atoms with Gasteiger partial charge in [-0.2, -0.15) is 0 Å². The summed E-state index contributed by atoms with van der Waals surface area (Å²) in [5.41, 5.74) is 4.20. The van der Waals surface area contributed by atoms with Crippen LogP contribution in [-0.2, 0) is 22.6 Å².